The Labute approximate surface area is 233 Å². The molecule has 38 heavy (non-hydrogen) atoms. The number of amides is 1. The predicted molar refractivity (Wildman–Crippen MR) is 159 cm³/mol. The molecule has 1 saturated heterocycles. The van der Waals surface area contributed by atoms with Crippen molar-refractivity contribution in [2.75, 3.05) is 37.7 Å². The summed E-state index contributed by atoms with van der Waals surface area (Å²) in [5.41, 5.74) is 5.80. The number of unbranched alkanes of at least 4 members (excludes halogenated alkanes) is 1. The highest BCUT2D eigenvalue weighted by Gasteiger charge is 2.26. The van der Waals surface area contributed by atoms with Crippen molar-refractivity contribution in [1.82, 2.24) is 9.88 Å². The first-order chi connectivity index (χ1) is 18.6. The summed E-state index contributed by atoms with van der Waals surface area (Å²) in [6.07, 6.45) is 3.45. The summed E-state index contributed by atoms with van der Waals surface area (Å²) >= 11 is 3.59. The Balaban J connectivity index is 1.41. The second-order valence-electron chi connectivity index (χ2n) is 9.70. The van der Waals surface area contributed by atoms with Crippen molar-refractivity contribution in [3.8, 4) is 17.0 Å². The van der Waals surface area contributed by atoms with Crippen LogP contribution in [0.1, 0.15) is 42.6 Å². The van der Waals surface area contributed by atoms with Crippen molar-refractivity contribution in [3.05, 3.63) is 88.4 Å². The molecule has 1 aliphatic rings. The number of nitrogens with zero attached hydrogens (tertiary/aromatic N) is 3. The third-order valence-electron chi connectivity index (χ3n) is 7.14. The fourth-order valence-electron chi connectivity index (χ4n) is 5.06. The van der Waals surface area contributed by atoms with Crippen LogP contribution >= 0.6 is 15.9 Å². The maximum absolute atomic E-state index is 13.9. The number of halogens is 1. The maximum atomic E-state index is 13.9. The maximum Gasteiger partial charge on any atom is 0.254 e. The third-order valence-corrected chi connectivity index (χ3v) is 7.64. The largest absolute Gasteiger partial charge is 0.492 e. The molecule has 4 aromatic rings. The van der Waals surface area contributed by atoms with Crippen molar-refractivity contribution < 1.29 is 9.53 Å². The summed E-state index contributed by atoms with van der Waals surface area (Å²) in [7, 11) is 0. The molecule has 0 spiro atoms. The highest BCUT2D eigenvalue weighted by atomic mass is 79.9. The summed E-state index contributed by atoms with van der Waals surface area (Å²) in [6.45, 7) is 7.66. The minimum atomic E-state index is 0.0501. The lowest BCUT2D eigenvalue weighted by Gasteiger charge is -2.37. The standard InChI is InChI=1S/C32H34BrN3O2/c1-3-5-8-23-11-13-24(14-12-23)29-22-27(26-21-25(33)15-16-28(26)34-29)32(37)36-19-17-35(18-20-36)30-9-6-7-10-31(30)38-4-2/h6-7,9-16,21-22H,3-5,8,17-20H2,1-2H3. The summed E-state index contributed by atoms with van der Waals surface area (Å²) < 4.78 is 6.78. The average molecular weight is 573 g/mol. The molecule has 0 bridgehead atoms. The molecule has 5 rings (SSSR count). The highest BCUT2D eigenvalue weighted by molar-refractivity contribution is 9.10. The zero-order valence-electron chi connectivity index (χ0n) is 22.1. The molecule has 2 heterocycles. The molecule has 196 valence electrons. The molecule has 0 unspecified atom stereocenters. The predicted octanol–water partition coefficient (Wildman–Crippen LogP) is 7.37. The van der Waals surface area contributed by atoms with E-state index < -0.39 is 0 Å². The minimum Gasteiger partial charge on any atom is -0.492 e. The van der Waals surface area contributed by atoms with E-state index in [1.54, 1.807) is 0 Å². The Morgan fingerprint density at radius 1 is 0.947 bits per heavy atom. The van der Waals surface area contributed by atoms with Crippen LogP contribution in [0.25, 0.3) is 22.2 Å². The Morgan fingerprint density at radius 2 is 1.71 bits per heavy atom. The van der Waals surface area contributed by atoms with Crippen LogP contribution in [0.5, 0.6) is 5.75 Å². The first-order valence-electron chi connectivity index (χ1n) is 13.5. The number of para-hydroxylation sites is 2. The minimum absolute atomic E-state index is 0.0501. The van der Waals surface area contributed by atoms with Crippen molar-refractivity contribution in [2.24, 2.45) is 0 Å². The van der Waals surface area contributed by atoms with Crippen LogP contribution in [0.4, 0.5) is 5.69 Å². The van der Waals surface area contributed by atoms with Crippen LogP contribution in [0.2, 0.25) is 0 Å². The number of pyridine rings is 1. The van der Waals surface area contributed by atoms with E-state index in [2.05, 4.69) is 58.1 Å². The number of carbonyl (C=O) groups excluding carboxylic acids is 1. The van der Waals surface area contributed by atoms with E-state index in [0.717, 1.165) is 57.6 Å². The van der Waals surface area contributed by atoms with Gasteiger partial charge in [-0.3, -0.25) is 4.79 Å². The Bertz CT molecular complexity index is 1410. The number of hydrogen-bond acceptors (Lipinski definition) is 4. The summed E-state index contributed by atoms with van der Waals surface area (Å²) in [5, 5.41) is 0.872. The summed E-state index contributed by atoms with van der Waals surface area (Å²) in [6, 6.07) is 24.7. The average Bonchev–Trinajstić information content (AvgIpc) is 2.96. The van der Waals surface area contributed by atoms with Gasteiger partial charge < -0.3 is 14.5 Å². The number of aromatic nitrogens is 1. The van der Waals surface area contributed by atoms with Gasteiger partial charge in [0.1, 0.15) is 5.75 Å². The zero-order chi connectivity index (χ0) is 26.5. The van der Waals surface area contributed by atoms with Gasteiger partial charge in [0.25, 0.3) is 5.91 Å². The van der Waals surface area contributed by atoms with Gasteiger partial charge >= 0.3 is 0 Å². The molecule has 0 atom stereocenters. The van der Waals surface area contributed by atoms with Gasteiger partial charge in [0, 0.05) is 41.6 Å². The lowest BCUT2D eigenvalue weighted by Crippen LogP contribution is -2.49. The van der Waals surface area contributed by atoms with Crippen LogP contribution in [-0.2, 0) is 6.42 Å². The smallest absolute Gasteiger partial charge is 0.254 e. The van der Waals surface area contributed by atoms with E-state index in [0.29, 0.717) is 25.3 Å². The Kier molecular flexibility index (Phi) is 8.28. The van der Waals surface area contributed by atoms with Crippen LogP contribution in [0, 0.1) is 0 Å². The number of ether oxygens (including phenoxy) is 1. The van der Waals surface area contributed by atoms with Crippen LogP contribution in [0.15, 0.2) is 77.3 Å². The molecular weight excluding hydrogens is 538 g/mol. The summed E-state index contributed by atoms with van der Waals surface area (Å²) in [4.78, 5) is 23.1. The highest BCUT2D eigenvalue weighted by Crippen LogP contribution is 2.31. The van der Waals surface area contributed by atoms with Gasteiger partial charge in [0.2, 0.25) is 0 Å². The fraction of sp³-hybridized carbons (Fsp3) is 0.312. The van der Waals surface area contributed by atoms with E-state index in [9.17, 15) is 4.79 Å². The number of aryl methyl sites for hydroxylation is 1. The molecule has 0 aliphatic carbocycles. The molecule has 1 aliphatic heterocycles. The SMILES string of the molecule is CCCCc1ccc(-c2cc(C(=O)N3CCN(c4ccccc4OCC)CC3)c3cc(Br)ccc3n2)cc1. The molecule has 0 saturated carbocycles. The van der Waals surface area contributed by atoms with Gasteiger partial charge in [-0.25, -0.2) is 4.98 Å². The zero-order valence-corrected chi connectivity index (χ0v) is 23.7. The number of piperazine rings is 1. The molecule has 0 radical (unpaired) electrons. The number of hydrogen-bond donors (Lipinski definition) is 0. The van der Waals surface area contributed by atoms with Crippen molar-refractivity contribution >= 4 is 38.4 Å². The summed E-state index contributed by atoms with van der Waals surface area (Å²) in [5.74, 6) is 0.944. The Hall–Kier alpha value is -3.38. The van der Waals surface area contributed by atoms with E-state index in [1.807, 2.05) is 54.3 Å². The van der Waals surface area contributed by atoms with E-state index in [1.165, 1.54) is 18.4 Å². The van der Waals surface area contributed by atoms with E-state index in [4.69, 9.17) is 9.72 Å². The topological polar surface area (TPSA) is 45.7 Å². The van der Waals surface area contributed by atoms with Crippen LogP contribution in [0.3, 0.4) is 0 Å². The molecule has 1 amide bonds. The number of carbonyl (C=O) groups is 1. The molecule has 5 nitrogen and oxygen atoms in total. The van der Waals surface area contributed by atoms with Gasteiger partial charge in [-0.15, -0.1) is 0 Å². The first kappa shape index (κ1) is 26.2. The quantitative estimate of drug-likeness (QED) is 0.221. The molecule has 1 aromatic heterocycles. The molecular formula is C32H34BrN3O2. The fourth-order valence-corrected chi connectivity index (χ4v) is 5.42. The van der Waals surface area contributed by atoms with Gasteiger partial charge in [-0.2, -0.15) is 0 Å². The number of anilines is 1. The normalized spacial score (nSPS) is 13.7. The van der Waals surface area contributed by atoms with Crippen molar-refractivity contribution in [1.29, 1.82) is 0 Å². The number of fused-ring (bicyclic) bond motifs is 1. The van der Waals surface area contributed by atoms with Gasteiger partial charge in [0.15, 0.2) is 0 Å². The van der Waals surface area contributed by atoms with Gasteiger partial charge in [0.05, 0.1) is 29.1 Å². The second kappa shape index (κ2) is 12.0. The molecule has 1 fully saturated rings. The van der Waals surface area contributed by atoms with Gasteiger partial charge in [-0.1, -0.05) is 65.7 Å². The molecule has 6 heteroatoms. The monoisotopic (exact) mass is 571 g/mol. The second-order valence-corrected chi connectivity index (χ2v) is 10.6. The molecule has 3 aromatic carbocycles. The lowest BCUT2D eigenvalue weighted by molar-refractivity contribution is 0.0748. The first-order valence-corrected chi connectivity index (χ1v) is 14.3. The lowest BCUT2D eigenvalue weighted by atomic mass is 10.0. The van der Waals surface area contributed by atoms with E-state index in [-0.39, 0.29) is 5.91 Å². The van der Waals surface area contributed by atoms with Crippen LogP contribution < -0.4 is 9.64 Å². The van der Waals surface area contributed by atoms with Crippen molar-refractivity contribution in [2.45, 2.75) is 33.1 Å². The Morgan fingerprint density at radius 3 is 2.45 bits per heavy atom. The van der Waals surface area contributed by atoms with Crippen molar-refractivity contribution in [3.63, 3.8) is 0 Å². The molecule has 0 N–H and O–H groups in total. The number of rotatable bonds is 8. The van der Waals surface area contributed by atoms with Crippen LogP contribution in [-0.4, -0.2) is 48.6 Å². The van der Waals surface area contributed by atoms with E-state index >= 15 is 0 Å². The number of benzene rings is 3. The third kappa shape index (κ3) is 5.70. The van der Waals surface area contributed by atoms with Gasteiger partial charge in [-0.05, 0) is 61.7 Å².